The molecule has 0 aliphatic carbocycles. The number of anilines is 1. The van der Waals surface area contributed by atoms with Crippen LogP contribution in [0.2, 0.25) is 0 Å². The van der Waals surface area contributed by atoms with Crippen molar-refractivity contribution in [3.05, 3.63) is 47.8 Å². The van der Waals surface area contributed by atoms with Crippen molar-refractivity contribution in [3.8, 4) is 0 Å². The van der Waals surface area contributed by atoms with Crippen LogP contribution in [0.25, 0.3) is 0 Å². The van der Waals surface area contributed by atoms with Crippen molar-refractivity contribution in [2.24, 2.45) is 13.0 Å². The van der Waals surface area contributed by atoms with Gasteiger partial charge in [-0.1, -0.05) is 12.1 Å². The van der Waals surface area contributed by atoms with E-state index in [9.17, 15) is 4.79 Å². The molecule has 0 saturated carbocycles. The number of benzene rings is 1. The quantitative estimate of drug-likeness (QED) is 0.810. The number of halogens is 1. The van der Waals surface area contributed by atoms with E-state index in [0.29, 0.717) is 11.1 Å². The third-order valence-electron chi connectivity index (χ3n) is 4.75. The average Bonchev–Trinajstić information content (AvgIpc) is 3.36. The molecule has 2 N–H and O–H groups in total. The number of nitrogens with one attached hydrogen (secondary N) is 2. The van der Waals surface area contributed by atoms with Crippen molar-refractivity contribution >= 4 is 47.5 Å². The van der Waals surface area contributed by atoms with Crippen LogP contribution in [0.4, 0.5) is 5.69 Å². The Morgan fingerprint density at radius 2 is 2.08 bits per heavy atom. The Bertz CT molecular complexity index is 763. The van der Waals surface area contributed by atoms with Gasteiger partial charge in [-0.3, -0.25) is 9.48 Å². The van der Waals surface area contributed by atoms with Crippen LogP contribution in [-0.4, -0.2) is 40.3 Å². The molecule has 4 rings (SSSR count). The summed E-state index contributed by atoms with van der Waals surface area (Å²) in [5.41, 5.74) is 3.31. The zero-order valence-electron chi connectivity index (χ0n) is 14.6. The summed E-state index contributed by atoms with van der Waals surface area (Å²) in [5, 5.41) is 10.7. The van der Waals surface area contributed by atoms with E-state index in [2.05, 4.69) is 27.9 Å². The number of carbonyl (C=O) groups excluding carboxylic acids is 1. The predicted molar refractivity (Wildman–Crippen MR) is 112 cm³/mol. The van der Waals surface area contributed by atoms with Crippen LogP contribution in [0.3, 0.4) is 0 Å². The molecule has 0 spiro atoms. The van der Waals surface area contributed by atoms with Gasteiger partial charge in [0.1, 0.15) is 0 Å². The van der Waals surface area contributed by atoms with Gasteiger partial charge >= 0.3 is 0 Å². The van der Waals surface area contributed by atoms with E-state index in [-0.39, 0.29) is 30.2 Å². The molecule has 2 aliphatic heterocycles. The second-order valence-corrected chi connectivity index (χ2v) is 9.23. The molecular weight excluding hydrogens is 388 g/mol. The van der Waals surface area contributed by atoms with Gasteiger partial charge in [0.05, 0.1) is 16.7 Å². The molecule has 2 aliphatic rings. The van der Waals surface area contributed by atoms with Crippen molar-refractivity contribution in [1.82, 2.24) is 15.1 Å². The maximum atomic E-state index is 12.8. The summed E-state index contributed by atoms with van der Waals surface area (Å²) in [6.45, 7) is 1.53. The highest BCUT2D eigenvalue weighted by Crippen LogP contribution is 2.45. The first-order valence-corrected chi connectivity index (χ1v) is 10.6. The number of thioether (sulfide) groups is 2. The Kier molecular flexibility index (Phi) is 6.55. The average molecular weight is 411 g/mol. The van der Waals surface area contributed by atoms with Gasteiger partial charge in [-0.25, -0.2) is 0 Å². The van der Waals surface area contributed by atoms with E-state index in [1.165, 1.54) is 17.1 Å². The molecule has 2 saturated heterocycles. The second kappa shape index (κ2) is 8.69. The summed E-state index contributed by atoms with van der Waals surface area (Å²) in [6.07, 6.45) is 3.88. The highest BCUT2D eigenvalue weighted by molar-refractivity contribution is 8.19. The summed E-state index contributed by atoms with van der Waals surface area (Å²) in [7, 11) is 1.91. The smallest absolute Gasteiger partial charge is 0.229 e. The highest BCUT2D eigenvalue weighted by atomic mass is 35.5. The van der Waals surface area contributed by atoms with Crippen LogP contribution in [0.5, 0.6) is 0 Å². The number of nitrogens with zero attached hydrogens (tertiary/aromatic N) is 2. The zero-order valence-corrected chi connectivity index (χ0v) is 17.0. The molecule has 0 radical (unpaired) electrons. The SMILES string of the molecule is Cl.Cn1cc([C@H]2CNC[C@@H]2C(=O)Nc2cccc(C3SCCS3)c2)cn1. The topological polar surface area (TPSA) is 59.0 Å². The number of hydrogen-bond acceptors (Lipinski definition) is 5. The lowest BCUT2D eigenvalue weighted by molar-refractivity contribution is -0.119. The van der Waals surface area contributed by atoms with E-state index in [0.717, 1.165) is 17.8 Å². The molecule has 140 valence electrons. The number of aryl methyl sites for hydroxylation is 1. The lowest BCUT2D eigenvalue weighted by Crippen LogP contribution is -2.28. The van der Waals surface area contributed by atoms with Gasteiger partial charge in [0.25, 0.3) is 0 Å². The van der Waals surface area contributed by atoms with Crippen LogP contribution >= 0.6 is 35.9 Å². The van der Waals surface area contributed by atoms with Crippen molar-refractivity contribution in [1.29, 1.82) is 0 Å². The number of amides is 1. The highest BCUT2D eigenvalue weighted by Gasteiger charge is 2.34. The van der Waals surface area contributed by atoms with E-state index < -0.39 is 0 Å². The molecule has 5 nitrogen and oxygen atoms in total. The van der Waals surface area contributed by atoms with E-state index in [4.69, 9.17) is 0 Å². The molecule has 0 bridgehead atoms. The maximum absolute atomic E-state index is 12.8. The van der Waals surface area contributed by atoms with Crippen molar-refractivity contribution in [3.63, 3.8) is 0 Å². The van der Waals surface area contributed by atoms with Crippen LogP contribution in [0.1, 0.15) is 21.6 Å². The zero-order chi connectivity index (χ0) is 17.2. The molecule has 2 aromatic rings. The minimum atomic E-state index is -0.0666. The fourth-order valence-corrected chi connectivity index (χ4v) is 6.32. The molecular formula is C18H23ClN4OS2. The number of rotatable bonds is 4. The minimum absolute atomic E-state index is 0. The first-order valence-electron chi connectivity index (χ1n) is 8.54. The van der Waals surface area contributed by atoms with Crippen LogP contribution in [-0.2, 0) is 11.8 Å². The summed E-state index contributed by atoms with van der Waals surface area (Å²) in [4.78, 5) is 12.8. The van der Waals surface area contributed by atoms with Gasteiger partial charge in [0, 0.05) is 49.4 Å². The molecule has 3 heterocycles. The molecule has 1 aromatic carbocycles. The van der Waals surface area contributed by atoms with Gasteiger partial charge in [-0.15, -0.1) is 35.9 Å². The molecule has 1 amide bonds. The van der Waals surface area contributed by atoms with E-state index in [1.807, 2.05) is 55.1 Å². The number of carbonyl (C=O) groups is 1. The molecule has 0 unspecified atom stereocenters. The molecule has 8 heteroatoms. The first-order chi connectivity index (χ1) is 12.2. The Morgan fingerprint density at radius 3 is 2.81 bits per heavy atom. The van der Waals surface area contributed by atoms with E-state index >= 15 is 0 Å². The molecule has 2 atom stereocenters. The standard InChI is InChI=1S/C18H22N4OS2.ClH/c1-22-11-13(8-20-22)15-9-19-10-16(15)17(23)21-14-4-2-3-12(7-14)18-24-5-6-25-18;/h2-4,7-8,11,15-16,18-19H,5-6,9-10H2,1H3,(H,21,23);1H/t15-,16+;/m1./s1. The Morgan fingerprint density at radius 1 is 1.27 bits per heavy atom. The second-order valence-electron chi connectivity index (χ2n) is 6.51. The number of hydrogen-bond donors (Lipinski definition) is 2. The minimum Gasteiger partial charge on any atom is -0.326 e. The predicted octanol–water partition coefficient (Wildman–Crippen LogP) is 3.26. The maximum Gasteiger partial charge on any atom is 0.229 e. The van der Waals surface area contributed by atoms with Gasteiger partial charge in [0.15, 0.2) is 0 Å². The van der Waals surface area contributed by atoms with Gasteiger partial charge in [-0.2, -0.15) is 5.10 Å². The normalized spacial score (nSPS) is 23.0. The fraction of sp³-hybridized carbons (Fsp3) is 0.444. The van der Waals surface area contributed by atoms with Crippen LogP contribution in [0.15, 0.2) is 36.7 Å². The lowest BCUT2D eigenvalue weighted by Gasteiger charge is -2.18. The Hall–Kier alpha value is -1.15. The largest absolute Gasteiger partial charge is 0.326 e. The van der Waals surface area contributed by atoms with Gasteiger partial charge in [-0.05, 0) is 23.3 Å². The molecule has 26 heavy (non-hydrogen) atoms. The van der Waals surface area contributed by atoms with Gasteiger partial charge < -0.3 is 10.6 Å². The monoisotopic (exact) mass is 410 g/mol. The Balaban J connectivity index is 0.00000196. The summed E-state index contributed by atoms with van der Waals surface area (Å²) in [6, 6.07) is 8.29. The van der Waals surface area contributed by atoms with Crippen LogP contribution < -0.4 is 10.6 Å². The van der Waals surface area contributed by atoms with Crippen molar-refractivity contribution < 1.29 is 4.79 Å². The lowest BCUT2D eigenvalue weighted by atomic mass is 9.90. The summed E-state index contributed by atoms with van der Waals surface area (Å²) in [5.74, 6) is 2.60. The van der Waals surface area contributed by atoms with Crippen molar-refractivity contribution in [2.45, 2.75) is 10.5 Å². The third kappa shape index (κ3) is 4.22. The summed E-state index contributed by atoms with van der Waals surface area (Å²) < 4.78 is 2.29. The molecule has 2 fully saturated rings. The summed E-state index contributed by atoms with van der Waals surface area (Å²) >= 11 is 3.96. The fourth-order valence-electron chi connectivity index (χ4n) is 3.48. The van der Waals surface area contributed by atoms with Crippen LogP contribution in [0, 0.1) is 5.92 Å². The first kappa shape index (κ1) is 19.6. The van der Waals surface area contributed by atoms with Crippen molar-refractivity contribution in [2.75, 3.05) is 29.9 Å². The number of aromatic nitrogens is 2. The van der Waals surface area contributed by atoms with E-state index in [1.54, 1.807) is 4.68 Å². The Labute approximate surface area is 168 Å². The molecule has 1 aromatic heterocycles. The third-order valence-corrected chi connectivity index (χ3v) is 7.86. The van der Waals surface area contributed by atoms with Gasteiger partial charge in [0.2, 0.25) is 5.91 Å².